The first-order valence-corrected chi connectivity index (χ1v) is 8.62. The smallest absolute Gasteiger partial charge is 0.302 e. The molecule has 3 N–H and O–H groups in total. The second-order valence-corrected chi connectivity index (χ2v) is 6.77. The van der Waals surface area contributed by atoms with E-state index in [1.165, 1.54) is 0 Å². The fourth-order valence-corrected chi connectivity index (χ4v) is 2.62. The van der Waals surface area contributed by atoms with Gasteiger partial charge in [0.1, 0.15) is 5.78 Å². The molecule has 29 heavy (non-hydrogen) atoms. The van der Waals surface area contributed by atoms with Crippen LogP contribution in [0.25, 0.3) is 5.73 Å². The van der Waals surface area contributed by atoms with E-state index in [1.807, 2.05) is 0 Å². The largest absolute Gasteiger partial charge is 0.668 e. The number of nitrogens with zero attached hydrogens (tertiary/aromatic N) is 1. The molecule has 0 saturated carbocycles. The number of Topliss-reactive ketones (excluding diaryl/α,β-unsaturated/α-hetero) is 2. The molecule has 1 heterocycles. The number of pyridine rings is 1. The van der Waals surface area contributed by atoms with Crippen LogP contribution in [0, 0.1) is 18.8 Å². The number of aliphatic carboxylic acids is 1. The van der Waals surface area contributed by atoms with Gasteiger partial charge in [0, 0.05) is 90.7 Å². The summed E-state index contributed by atoms with van der Waals surface area (Å²) >= 11 is 0. The maximum atomic E-state index is 12.7. The molecule has 3 atom stereocenters. The number of carboxylic acid groups (broad SMARTS) is 1. The minimum Gasteiger partial charge on any atom is -0.668 e. The van der Waals surface area contributed by atoms with E-state index in [1.54, 1.807) is 38.4 Å². The van der Waals surface area contributed by atoms with Crippen molar-refractivity contribution in [2.24, 2.45) is 11.8 Å². The average molecular weight is 648 g/mol. The molecule has 0 aliphatic carbocycles. The second kappa shape index (κ2) is 14.9. The van der Waals surface area contributed by atoms with Crippen molar-refractivity contribution in [2.45, 2.75) is 45.2 Å². The quantitative estimate of drug-likeness (QED) is 0.351. The minimum atomic E-state index is -1.44. The number of amides is 1. The number of hydrogen-bond donors (Lipinski definition) is 2. The Morgan fingerprint density at radius 2 is 1.72 bits per heavy atom. The summed E-state index contributed by atoms with van der Waals surface area (Å²) < 4.78 is 0. The predicted molar refractivity (Wildman–Crippen MR) is 98.6 cm³/mol. The Hall–Kier alpha value is -0.948. The van der Waals surface area contributed by atoms with Crippen molar-refractivity contribution in [2.75, 3.05) is 0 Å². The summed E-state index contributed by atoms with van der Waals surface area (Å²) in [5.41, 5.74) is 8.43. The maximum absolute atomic E-state index is 12.7. The Balaban J connectivity index is 0. The fourth-order valence-electron chi connectivity index (χ4n) is 2.62. The molecule has 1 radical (unpaired) electrons. The Kier molecular flexibility index (Phi) is 15.6. The normalized spacial score (nSPS) is 13.2. The molecule has 0 saturated heterocycles. The number of carbonyl (C=O) groups excluding carboxylic acids is 3. The zero-order valence-electron chi connectivity index (χ0n) is 16.5. The molecule has 0 aliphatic heterocycles. The van der Waals surface area contributed by atoms with Gasteiger partial charge in [-0.1, -0.05) is 19.9 Å². The zero-order valence-corrected chi connectivity index (χ0v) is 22.2. The van der Waals surface area contributed by atoms with Gasteiger partial charge in [-0.05, 0) is 30.0 Å². The van der Waals surface area contributed by atoms with Crippen LogP contribution in [0.4, 0.5) is 0 Å². The molecule has 1 rings (SSSR count). The molecule has 1 aromatic rings. The van der Waals surface area contributed by atoms with Crippen LogP contribution in [-0.4, -0.2) is 45.6 Å². The van der Waals surface area contributed by atoms with E-state index in [-0.39, 0.29) is 72.5 Å². The van der Waals surface area contributed by atoms with Gasteiger partial charge in [0.15, 0.2) is 0 Å². The van der Waals surface area contributed by atoms with Gasteiger partial charge in [0.05, 0.1) is 6.04 Å². The summed E-state index contributed by atoms with van der Waals surface area (Å²) in [4.78, 5) is 51.2. The van der Waals surface area contributed by atoms with Crippen LogP contribution < -0.4 is 5.32 Å². The van der Waals surface area contributed by atoms with Crippen LogP contribution >= 0.6 is 0 Å². The number of nitrogens with one attached hydrogen (secondary N) is 2. The first-order valence-electron chi connectivity index (χ1n) is 8.62. The van der Waals surface area contributed by atoms with Gasteiger partial charge < -0.3 is 32.7 Å². The minimum absolute atomic E-state index is 0. The average Bonchev–Trinajstić information content (AvgIpc) is 2.58. The van der Waals surface area contributed by atoms with Gasteiger partial charge in [-0.15, -0.1) is 0 Å². The van der Waals surface area contributed by atoms with Crippen molar-refractivity contribution in [1.29, 1.82) is 0 Å². The van der Waals surface area contributed by atoms with Crippen molar-refractivity contribution in [3.05, 3.63) is 42.7 Å². The second-order valence-electron chi connectivity index (χ2n) is 6.77. The van der Waals surface area contributed by atoms with Gasteiger partial charge in [-0.3, -0.25) is 14.6 Å². The van der Waals surface area contributed by atoms with Crippen molar-refractivity contribution in [1.82, 2.24) is 10.3 Å². The molecule has 10 heteroatoms. The Morgan fingerprint density at radius 3 is 2.17 bits per heavy atom. The van der Waals surface area contributed by atoms with E-state index in [9.17, 15) is 19.2 Å². The zero-order chi connectivity index (χ0) is 20.6. The summed E-state index contributed by atoms with van der Waals surface area (Å²) in [7, 11) is 0. The fraction of sp³-hybridized carbons (Fsp3) is 0.474. The standard InChI is InChI=1S/C19H25N3O5.W.Y/c1-11(2)18(12(3)23)22-19(27)14(8-13-4-6-21-7-5-13)9-16(24)15(20)10-17(25)26;;/h4-7,11,14-15,18,20H,3,8-10H2,1-2H3,(H,22,27)(H,25,26);;/q-2;;/t14-,15+,18+;;/m1../s1. The van der Waals surface area contributed by atoms with Crippen LogP contribution in [0.1, 0.15) is 32.3 Å². The molecule has 0 spiro atoms. The van der Waals surface area contributed by atoms with Crippen molar-refractivity contribution in [3.8, 4) is 0 Å². The van der Waals surface area contributed by atoms with E-state index in [0.717, 1.165) is 5.56 Å². The molecular weight excluding hydrogens is 623 g/mol. The Morgan fingerprint density at radius 1 is 1.17 bits per heavy atom. The van der Waals surface area contributed by atoms with E-state index in [4.69, 9.17) is 10.8 Å². The summed E-state index contributed by atoms with van der Waals surface area (Å²) in [5.74, 6) is -3.82. The Labute approximate surface area is 210 Å². The molecule has 8 nitrogen and oxygen atoms in total. The number of aromatic nitrogens is 1. The third kappa shape index (κ3) is 11.1. The molecule has 0 aromatic carbocycles. The van der Waals surface area contributed by atoms with Crippen molar-refractivity contribution < 1.29 is 78.1 Å². The van der Waals surface area contributed by atoms with Crippen LogP contribution in [0.15, 0.2) is 24.5 Å². The van der Waals surface area contributed by atoms with E-state index in [0.29, 0.717) is 0 Å². The van der Waals surface area contributed by atoms with Gasteiger partial charge >= 0.3 is 5.97 Å². The van der Waals surface area contributed by atoms with Crippen LogP contribution in [0.5, 0.6) is 0 Å². The predicted octanol–water partition coefficient (Wildman–Crippen LogP) is 1.63. The summed E-state index contributed by atoms with van der Waals surface area (Å²) in [6.45, 7) is 6.89. The number of ketones is 2. The SMILES string of the molecule is [CH2-]C(=O)[C@@H](NC(=O)[C@@H](CC(=O)[C@@H]([NH-])CC(=O)O)Cc1ccncc1)C(C)C.[W].[Y]. The number of rotatable bonds is 11. The third-order valence-corrected chi connectivity index (χ3v) is 4.13. The maximum Gasteiger partial charge on any atom is 0.302 e. The topological polar surface area (TPSA) is 137 Å². The van der Waals surface area contributed by atoms with E-state index < -0.39 is 47.9 Å². The van der Waals surface area contributed by atoms with E-state index in [2.05, 4.69) is 17.2 Å². The number of carboxylic acids is 1. The molecule has 1 amide bonds. The molecule has 0 fully saturated rings. The van der Waals surface area contributed by atoms with Crippen LogP contribution in [-0.2, 0) is 79.4 Å². The summed E-state index contributed by atoms with van der Waals surface area (Å²) in [5, 5.41) is 11.4. The van der Waals surface area contributed by atoms with Crippen molar-refractivity contribution in [3.63, 3.8) is 0 Å². The molecule has 1 aromatic heterocycles. The monoisotopic (exact) mass is 648 g/mol. The molecular formula is C19H25N3O5WY-2. The van der Waals surface area contributed by atoms with Gasteiger partial charge in [0.2, 0.25) is 5.91 Å². The van der Waals surface area contributed by atoms with Crippen LogP contribution in [0.3, 0.4) is 0 Å². The summed E-state index contributed by atoms with van der Waals surface area (Å²) in [6, 6.07) is 1.18. The number of hydrogen-bond acceptors (Lipinski definition) is 5. The molecule has 157 valence electrons. The molecule has 0 aliphatic rings. The summed E-state index contributed by atoms with van der Waals surface area (Å²) in [6.07, 6.45) is 2.41. The first-order chi connectivity index (χ1) is 12.6. The third-order valence-electron chi connectivity index (χ3n) is 4.13. The van der Waals surface area contributed by atoms with Crippen LogP contribution in [0.2, 0.25) is 0 Å². The van der Waals surface area contributed by atoms with Gasteiger partial charge in [0.25, 0.3) is 0 Å². The van der Waals surface area contributed by atoms with E-state index >= 15 is 0 Å². The first kappa shape index (κ1) is 30.2. The number of carbonyl (C=O) groups is 4. The van der Waals surface area contributed by atoms with Crippen molar-refractivity contribution >= 4 is 23.4 Å². The Bertz CT molecular complexity index is 688. The van der Waals surface area contributed by atoms with Gasteiger partial charge in [-0.25, -0.2) is 0 Å². The molecule has 0 unspecified atom stereocenters. The van der Waals surface area contributed by atoms with Gasteiger partial charge in [-0.2, -0.15) is 0 Å². The molecule has 0 bridgehead atoms.